The normalized spacial score (nSPS) is 18.5. The number of hydrogen-bond donors (Lipinski definition) is 3. The predicted octanol–water partition coefficient (Wildman–Crippen LogP) is 4.07. The van der Waals surface area contributed by atoms with Gasteiger partial charge in [0.25, 0.3) is 5.91 Å². The third-order valence-electron chi connectivity index (χ3n) is 6.73. The van der Waals surface area contributed by atoms with Crippen LogP contribution in [0.1, 0.15) is 34.5 Å². The lowest BCUT2D eigenvalue weighted by molar-refractivity contribution is -0.129. The summed E-state index contributed by atoms with van der Waals surface area (Å²) in [7, 11) is 0. The summed E-state index contributed by atoms with van der Waals surface area (Å²) in [6.45, 7) is 4.79. The van der Waals surface area contributed by atoms with Crippen molar-refractivity contribution in [1.82, 2.24) is 9.88 Å². The maximum atomic E-state index is 13.9. The van der Waals surface area contributed by atoms with Crippen molar-refractivity contribution in [3.8, 4) is 11.1 Å². The van der Waals surface area contributed by atoms with E-state index in [0.29, 0.717) is 36.3 Å². The van der Waals surface area contributed by atoms with E-state index in [-0.39, 0.29) is 24.1 Å². The Bertz CT molecular complexity index is 1340. The number of β-amino-alcohol motifs (C(OH)–C–C–N with tert-alkyl or cyclic N) is 1. The van der Waals surface area contributed by atoms with Gasteiger partial charge in [-0.15, -0.1) is 0 Å². The van der Waals surface area contributed by atoms with E-state index < -0.39 is 6.10 Å². The fourth-order valence-electron chi connectivity index (χ4n) is 4.88. The van der Waals surface area contributed by atoms with Crippen LogP contribution in [0.25, 0.3) is 22.8 Å². The summed E-state index contributed by atoms with van der Waals surface area (Å²) < 4.78 is 13.9. The van der Waals surface area contributed by atoms with Crippen molar-refractivity contribution >= 4 is 29.2 Å². The second-order valence-corrected chi connectivity index (χ2v) is 8.98. The van der Waals surface area contributed by atoms with E-state index in [9.17, 15) is 19.1 Å². The molecule has 1 aromatic heterocycles. The molecule has 5 rings (SSSR count). The van der Waals surface area contributed by atoms with Gasteiger partial charge in [0.2, 0.25) is 5.91 Å². The van der Waals surface area contributed by atoms with Gasteiger partial charge >= 0.3 is 0 Å². The Balaban J connectivity index is 1.52. The second-order valence-electron chi connectivity index (χ2n) is 8.98. The number of aromatic nitrogens is 1. The number of carbonyl (C=O) groups is 2. The molecular formula is C27H26FN3O3. The number of H-pyrrole nitrogens is 1. The fraction of sp³-hybridized carbons (Fsp3) is 0.259. The van der Waals surface area contributed by atoms with E-state index in [2.05, 4.69) is 10.3 Å². The van der Waals surface area contributed by atoms with E-state index >= 15 is 0 Å². The molecule has 0 bridgehead atoms. The minimum atomic E-state index is -0.453. The first-order valence-electron chi connectivity index (χ1n) is 11.4. The van der Waals surface area contributed by atoms with E-state index in [1.807, 2.05) is 38.1 Å². The zero-order valence-electron chi connectivity index (χ0n) is 19.1. The smallest absolute Gasteiger partial charge is 0.256 e. The van der Waals surface area contributed by atoms with Crippen LogP contribution in [-0.4, -0.2) is 46.0 Å². The summed E-state index contributed by atoms with van der Waals surface area (Å²) in [5.41, 5.74) is 6.79. The number of nitrogens with zero attached hydrogens (tertiary/aromatic N) is 1. The molecule has 1 saturated heterocycles. The molecule has 0 unspecified atom stereocenters. The van der Waals surface area contributed by atoms with Crippen LogP contribution < -0.4 is 5.32 Å². The highest BCUT2D eigenvalue weighted by Crippen LogP contribution is 2.41. The molecule has 2 aromatic carbocycles. The number of halogens is 1. The highest BCUT2D eigenvalue weighted by Gasteiger charge is 2.29. The van der Waals surface area contributed by atoms with Crippen molar-refractivity contribution in [2.45, 2.75) is 32.8 Å². The van der Waals surface area contributed by atoms with Gasteiger partial charge in [-0.3, -0.25) is 9.59 Å². The van der Waals surface area contributed by atoms with Crippen LogP contribution in [0, 0.1) is 19.7 Å². The van der Waals surface area contributed by atoms with Crippen LogP contribution in [0.15, 0.2) is 42.5 Å². The molecule has 6 nitrogen and oxygen atoms in total. The van der Waals surface area contributed by atoms with E-state index in [0.717, 1.165) is 33.6 Å². The molecule has 174 valence electrons. The molecule has 0 aliphatic carbocycles. The van der Waals surface area contributed by atoms with Crippen molar-refractivity contribution in [2.24, 2.45) is 0 Å². The Labute approximate surface area is 197 Å². The molecular weight excluding hydrogens is 433 g/mol. The topological polar surface area (TPSA) is 85.4 Å². The molecule has 1 atom stereocenters. The second kappa shape index (κ2) is 8.57. The Hall–Kier alpha value is -3.71. The summed E-state index contributed by atoms with van der Waals surface area (Å²) >= 11 is 0. The monoisotopic (exact) mass is 459 g/mol. The Morgan fingerprint density at radius 2 is 2.03 bits per heavy atom. The zero-order valence-corrected chi connectivity index (χ0v) is 19.1. The van der Waals surface area contributed by atoms with Crippen molar-refractivity contribution in [3.05, 3.63) is 76.4 Å². The number of aromatic amines is 1. The minimum absolute atomic E-state index is 0.0155. The average Bonchev–Trinajstić information content (AvgIpc) is 3.46. The molecule has 3 N–H and O–H groups in total. The van der Waals surface area contributed by atoms with Gasteiger partial charge in [0, 0.05) is 35.7 Å². The van der Waals surface area contributed by atoms with Gasteiger partial charge in [0.1, 0.15) is 5.82 Å². The number of carbonyl (C=O) groups excluding carboxylic acids is 2. The first-order valence-corrected chi connectivity index (χ1v) is 11.4. The molecule has 3 aromatic rings. The number of fused-ring (bicyclic) bond motifs is 1. The SMILES string of the molecule is Cc1[nH]c(C=C2C(=O)Nc3cccc(-c4cccc(F)c4)c32)c(C)c1CC(=O)N1CC[C@@H](O)C1. The number of likely N-dealkylation sites (tertiary alicyclic amines) is 1. The van der Waals surface area contributed by atoms with Crippen molar-refractivity contribution in [3.63, 3.8) is 0 Å². The van der Waals surface area contributed by atoms with Gasteiger partial charge in [0.15, 0.2) is 0 Å². The van der Waals surface area contributed by atoms with Crippen molar-refractivity contribution in [2.75, 3.05) is 18.4 Å². The van der Waals surface area contributed by atoms with Crippen molar-refractivity contribution in [1.29, 1.82) is 0 Å². The summed E-state index contributed by atoms with van der Waals surface area (Å²) in [5, 5.41) is 12.7. The minimum Gasteiger partial charge on any atom is -0.391 e. The Morgan fingerprint density at radius 3 is 2.76 bits per heavy atom. The molecule has 0 spiro atoms. The molecule has 34 heavy (non-hydrogen) atoms. The summed E-state index contributed by atoms with van der Waals surface area (Å²) in [5.74, 6) is -0.582. The zero-order chi connectivity index (χ0) is 24.0. The van der Waals surface area contributed by atoms with Gasteiger partial charge in [0.05, 0.1) is 18.1 Å². The number of aryl methyl sites for hydroxylation is 1. The highest BCUT2D eigenvalue weighted by atomic mass is 19.1. The van der Waals surface area contributed by atoms with Gasteiger partial charge in [-0.25, -0.2) is 4.39 Å². The molecule has 2 aliphatic heterocycles. The lowest BCUT2D eigenvalue weighted by Crippen LogP contribution is -2.31. The van der Waals surface area contributed by atoms with E-state index in [1.54, 1.807) is 17.0 Å². The molecule has 7 heteroatoms. The molecule has 0 radical (unpaired) electrons. The highest BCUT2D eigenvalue weighted by molar-refractivity contribution is 6.36. The summed E-state index contributed by atoms with van der Waals surface area (Å²) in [6.07, 6.45) is 2.20. The lowest BCUT2D eigenvalue weighted by Gasteiger charge is -2.15. The summed E-state index contributed by atoms with van der Waals surface area (Å²) in [4.78, 5) is 30.7. The predicted molar refractivity (Wildman–Crippen MR) is 130 cm³/mol. The van der Waals surface area contributed by atoms with Gasteiger partial charge in [-0.05, 0) is 66.8 Å². The fourth-order valence-corrected chi connectivity index (χ4v) is 4.88. The van der Waals surface area contributed by atoms with Crippen LogP contribution in [0.3, 0.4) is 0 Å². The molecule has 3 heterocycles. The summed E-state index contributed by atoms with van der Waals surface area (Å²) in [6, 6.07) is 11.9. The van der Waals surface area contributed by atoms with Gasteiger partial charge in [-0.1, -0.05) is 24.3 Å². The number of rotatable bonds is 4. The molecule has 1 fully saturated rings. The first kappa shape index (κ1) is 22.1. The molecule has 2 amide bonds. The Kier molecular flexibility index (Phi) is 5.57. The first-order chi connectivity index (χ1) is 16.3. The largest absolute Gasteiger partial charge is 0.391 e. The number of hydrogen-bond acceptors (Lipinski definition) is 3. The van der Waals surface area contributed by atoms with E-state index in [4.69, 9.17) is 0 Å². The lowest BCUT2D eigenvalue weighted by atomic mass is 9.94. The van der Waals surface area contributed by atoms with Crippen molar-refractivity contribution < 1.29 is 19.1 Å². The maximum absolute atomic E-state index is 13.9. The number of anilines is 1. The number of aliphatic hydroxyl groups is 1. The van der Waals surface area contributed by atoms with Crippen LogP contribution in [-0.2, 0) is 16.0 Å². The van der Waals surface area contributed by atoms with Crippen LogP contribution in [0.4, 0.5) is 10.1 Å². The van der Waals surface area contributed by atoms with Crippen LogP contribution in [0.2, 0.25) is 0 Å². The molecule has 2 aliphatic rings. The molecule has 0 saturated carbocycles. The number of aliphatic hydroxyl groups excluding tert-OH is 1. The number of nitrogens with one attached hydrogen (secondary N) is 2. The maximum Gasteiger partial charge on any atom is 0.256 e. The third-order valence-corrected chi connectivity index (χ3v) is 6.73. The van der Waals surface area contributed by atoms with Gasteiger partial charge < -0.3 is 20.3 Å². The number of benzene rings is 2. The van der Waals surface area contributed by atoms with E-state index in [1.165, 1.54) is 12.1 Å². The quantitative estimate of drug-likeness (QED) is 0.514. The van der Waals surface area contributed by atoms with Crippen LogP contribution >= 0.6 is 0 Å². The third kappa shape index (κ3) is 3.92. The van der Waals surface area contributed by atoms with Crippen LogP contribution in [0.5, 0.6) is 0 Å². The standard InChI is InChI=1S/C27H26FN3O3/c1-15-21(13-25(33)31-10-9-19(32)14-31)16(2)29-24(15)12-22-26-20(17-5-3-6-18(28)11-17)7-4-8-23(26)30-27(22)34/h3-8,11-12,19,29,32H,9-10,13-14H2,1-2H3,(H,30,34)/t19-/m1/s1. The van der Waals surface area contributed by atoms with Gasteiger partial charge in [-0.2, -0.15) is 0 Å². The average molecular weight is 460 g/mol. The Morgan fingerprint density at radius 1 is 1.24 bits per heavy atom. The number of amides is 2.